The molecule has 1 unspecified atom stereocenters. The number of carbonyl (C=O) groups excluding carboxylic acids is 1. The van der Waals surface area contributed by atoms with Gasteiger partial charge in [-0.3, -0.25) is 9.48 Å². The van der Waals surface area contributed by atoms with Crippen LogP contribution in [0.4, 0.5) is 0 Å². The molecule has 0 saturated heterocycles. The molecule has 0 aromatic carbocycles. The second-order valence-corrected chi connectivity index (χ2v) is 3.99. The molecule has 16 heavy (non-hydrogen) atoms. The van der Waals surface area contributed by atoms with Crippen molar-refractivity contribution in [1.29, 1.82) is 0 Å². The predicted octanol–water partition coefficient (Wildman–Crippen LogP) is 0.261. The summed E-state index contributed by atoms with van der Waals surface area (Å²) in [5.41, 5.74) is 3.31. The van der Waals surface area contributed by atoms with Crippen LogP contribution in [0.3, 0.4) is 0 Å². The lowest BCUT2D eigenvalue weighted by Crippen LogP contribution is -2.40. The Hall–Kier alpha value is -1.36. The fourth-order valence-corrected chi connectivity index (χ4v) is 1.64. The Morgan fingerprint density at radius 1 is 1.50 bits per heavy atom. The van der Waals surface area contributed by atoms with Crippen LogP contribution in [-0.2, 0) is 18.4 Å². The van der Waals surface area contributed by atoms with Gasteiger partial charge in [0.05, 0.1) is 11.7 Å². The minimum Gasteiger partial charge on any atom is -0.358 e. The van der Waals surface area contributed by atoms with Gasteiger partial charge in [-0.25, -0.2) is 0 Å². The largest absolute Gasteiger partial charge is 0.358 e. The van der Waals surface area contributed by atoms with Crippen LogP contribution in [0.15, 0.2) is 0 Å². The van der Waals surface area contributed by atoms with E-state index < -0.39 is 0 Å². The fourth-order valence-electron chi connectivity index (χ4n) is 1.64. The van der Waals surface area contributed by atoms with Crippen molar-refractivity contribution in [2.24, 2.45) is 7.05 Å². The first-order chi connectivity index (χ1) is 7.47. The minimum absolute atomic E-state index is 0.000744. The first-order valence-corrected chi connectivity index (χ1v) is 5.41. The molecule has 0 radical (unpaired) electrons. The Labute approximate surface area is 96.2 Å². The number of hydrogen-bond donors (Lipinski definition) is 2. The molecule has 5 heteroatoms. The maximum absolute atomic E-state index is 11.3. The van der Waals surface area contributed by atoms with E-state index in [1.54, 1.807) is 7.05 Å². The zero-order valence-corrected chi connectivity index (χ0v) is 10.6. The maximum atomic E-state index is 11.3. The Balaban J connectivity index is 2.64. The molecule has 0 aliphatic heterocycles. The quantitative estimate of drug-likeness (QED) is 0.771. The summed E-state index contributed by atoms with van der Waals surface area (Å²) in [6.07, 6.45) is 0. The van der Waals surface area contributed by atoms with Crippen LogP contribution in [0.25, 0.3) is 0 Å². The lowest BCUT2D eigenvalue weighted by Gasteiger charge is -2.12. The molecular formula is C11H20N4O. The number of rotatable bonds is 4. The van der Waals surface area contributed by atoms with E-state index >= 15 is 0 Å². The van der Waals surface area contributed by atoms with E-state index in [0.29, 0.717) is 6.54 Å². The van der Waals surface area contributed by atoms with Gasteiger partial charge >= 0.3 is 0 Å². The lowest BCUT2D eigenvalue weighted by atomic mass is 10.2. The van der Waals surface area contributed by atoms with Crippen LogP contribution >= 0.6 is 0 Å². The highest BCUT2D eigenvalue weighted by molar-refractivity contribution is 5.80. The normalized spacial score (nSPS) is 12.6. The van der Waals surface area contributed by atoms with Crippen molar-refractivity contribution in [3.63, 3.8) is 0 Å². The van der Waals surface area contributed by atoms with Gasteiger partial charge in [0.1, 0.15) is 0 Å². The first-order valence-electron chi connectivity index (χ1n) is 5.41. The van der Waals surface area contributed by atoms with Gasteiger partial charge in [0.2, 0.25) is 5.91 Å². The van der Waals surface area contributed by atoms with Crippen LogP contribution in [0.2, 0.25) is 0 Å². The third kappa shape index (κ3) is 2.61. The SMILES string of the molecule is CNC(=O)C(C)NCc1c(C)nn(C)c1C. The number of aromatic nitrogens is 2. The zero-order valence-electron chi connectivity index (χ0n) is 10.6. The predicted molar refractivity (Wildman–Crippen MR) is 63.1 cm³/mol. The molecule has 1 aromatic rings. The molecule has 0 saturated carbocycles. The van der Waals surface area contributed by atoms with Crippen LogP contribution < -0.4 is 10.6 Å². The van der Waals surface area contributed by atoms with E-state index in [2.05, 4.69) is 15.7 Å². The third-order valence-corrected chi connectivity index (χ3v) is 2.88. The Morgan fingerprint density at radius 3 is 2.56 bits per heavy atom. The highest BCUT2D eigenvalue weighted by atomic mass is 16.2. The van der Waals surface area contributed by atoms with Gasteiger partial charge in [0.25, 0.3) is 0 Å². The number of nitrogens with zero attached hydrogens (tertiary/aromatic N) is 2. The molecule has 1 amide bonds. The number of amides is 1. The average molecular weight is 224 g/mol. The molecular weight excluding hydrogens is 204 g/mol. The number of nitrogens with one attached hydrogen (secondary N) is 2. The van der Waals surface area contributed by atoms with Crippen molar-refractivity contribution in [2.45, 2.75) is 33.4 Å². The summed E-state index contributed by atoms with van der Waals surface area (Å²) < 4.78 is 1.86. The van der Waals surface area contributed by atoms with Gasteiger partial charge in [0.15, 0.2) is 0 Å². The van der Waals surface area contributed by atoms with E-state index in [4.69, 9.17) is 0 Å². The molecule has 5 nitrogen and oxygen atoms in total. The molecule has 90 valence electrons. The second-order valence-electron chi connectivity index (χ2n) is 3.99. The van der Waals surface area contributed by atoms with Crippen molar-refractivity contribution in [2.75, 3.05) is 7.05 Å². The zero-order chi connectivity index (χ0) is 12.3. The number of hydrogen-bond acceptors (Lipinski definition) is 3. The van der Waals surface area contributed by atoms with E-state index in [1.165, 1.54) is 5.56 Å². The van der Waals surface area contributed by atoms with Crippen LogP contribution in [0.5, 0.6) is 0 Å². The Morgan fingerprint density at radius 2 is 2.12 bits per heavy atom. The molecule has 1 atom stereocenters. The van der Waals surface area contributed by atoms with Crippen LogP contribution in [0, 0.1) is 13.8 Å². The van der Waals surface area contributed by atoms with E-state index in [9.17, 15) is 4.79 Å². The third-order valence-electron chi connectivity index (χ3n) is 2.88. The molecule has 0 fully saturated rings. The van der Waals surface area contributed by atoms with Gasteiger partial charge in [-0.1, -0.05) is 0 Å². The summed E-state index contributed by atoms with van der Waals surface area (Å²) in [4.78, 5) is 11.3. The smallest absolute Gasteiger partial charge is 0.236 e. The molecule has 0 spiro atoms. The maximum Gasteiger partial charge on any atom is 0.236 e. The summed E-state index contributed by atoms with van der Waals surface area (Å²) >= 11 is 0. The number of carbonyl (C=O) groups is 1. The molecule has 1 aromatic heterocycles. The van der Waals surface area contributed by atoms with Crippen molar-refractivity contribution < 1.29 is 4.79 Å². The van der Waals surface area contributed by atoms with Gasteiger partial charge < -0.3 is 10.6 Å². The van der Waals surface area contributed by atoms with Gasteiger partial charge in [-0.15, -0.1) is 0 Å². The average Bonchev–Trinajstić information content (AvgIpc) is 2.49. The van der Waals surface area contributed by atoms with Crippen molar-refractivity contribution >= 4 is 5.91 Å². The van der Waals surface area contributed by atoms with E-state index in [-0.39, 0.29) is 11.9 Å². The summed E-state index contributed by atoms with van der Waals surface area (Å²) in [6.45, 7) is 6.52. The fraction of sp³-hybridized carbons (Fsp3) is 0.636. The molecule has 1 heterocycles. The van der Waals surface area contributed by atoms with E-state index in [0.717, 1.165) is 11.4 Å². The van der Waals surface area contributed by atoms with Gasteiger partial charge in [-0.05, 0) is 20.8 Å². The lowest BCUT2D eigenvalue weighted by molar-refractivity contribution is -0.122. The number of aryl methyl sites for hydroxylation is 2. The molecule has 0 bridgehead atoms. The van der Waals surface area contributed by atoms with Gasteiger partial charge in [-0.2, -0.15) is 5.10 Å². The van der Waals surface area contributed by atoms with Gasteiger partial charge in [0, 0.05) is 31.9 Å². The Kier molecular flexibility index (Phi) is 4.06. The van der Waals surface area contributed by atoms with E-state index in [1.807, 2.05) is 32.5 Å². The summed E-state index contributed by atoms with van der Waals surface area (Å²) in [5, 5.41) is 10.1. The topological polar surface area (TPSA) is 59.0 Å². The highest BCUT2D eigenvalue weighted by Crippen LogP contribution is 2.11. The molecule has 0 aliphatic rings. The summed E-state index contributed by atoms with van der Waals surface area (Å²) in [7, 11) is 3.56. The highest BCUT2D eigenvalue weighted by Gasteiger charge is 2.13. The number of likely N-dealkylation sites (N-methyl/N-ethyl adjacent to an activating group) is 1. The van der Waals surface area contributed by atoms with Crippen LogP contribution in [0.1, 0.15) is 23.9 Å². The molecule has 2 N–H and O–H groups in total. The monoisotopic (exact) mass is 224 g/mol. The minimum atomic E-state index is -0.191. The van der Waals surface area contributed by atoms with Crippen molar-refractivity contribution in [3.8, 4) is 0 Å². The second kappa shape index (κ2) is 5.12. The van der Waals surface area contributed by atoms with Crippen molar-refractivity contribution in [3.05, 3.63) is 17.0 Å². The summed E-state index contributed by atoms with van der Waals surface area (Å²) in [6, 6.07) is -0.191. The Bertz CT molecular complexity index is 384. The molecule has 0 aliphatic carbocycles. The summed E-state index contributed by atoms with van der Waals surface area (Å²) in [5.74, 6) is -0.000744. The standard InChI is InChI=1S/C11H20N4O/c1-7-10(9(3)15(5)14-7)6-13-8(2)11(16)12-4/h8,13H,6H2,1-5H3,(H,12,16). The first kappa shape index (κ1) is 12.7. The van der Waals surface area contributed by atoms with Crippen LogP contribution in [-0.4, -0.2) is 28.8 Å². The van der Waals surface area contributed by atoms with Crippen molar-refractivity contribution in [1.82, 2.24) is 20.4 Å². The molecule has 1 rings (SSSR count).